The van der Waals surface area contributed by atoms with Gasteiger partial charge in [-0.05, 0) is 107 Å². The third kappa shape index (κ3) is 6.30. The van der Waals surface area contributed by atoms with Gasteiger partial charge in [-0.25, -0.2) is 0 Å². The van der Waals surface area contributed by atoms with Crippen LogP contribution in [0, 0.1) is 0 Å². The predicted octanol–water partition coefficient (Wildman–Crippen LogP) is 17.1. The van der Waals surface area contributed by atoms with E-state index in [0.29, 0.717) is 0 Å². The van der Waals surface area contributed by atoms with Crippen LogP contribution < -0.4 is 9.80 Å². The summed E-state index contributed by atoms with van der Waals surface area (Å²) in [7, 11) is 0. The lowest BCUT2D eigenvalue weighted by Crippen LogP contribution is -2.31. The standard InChI is InChI=1S/C66H46N4/c1-4-20-45(21-5-1)47-24-18-27-49(42-47)69-61-35-17-13-31-57(61)66-62(36-19-37-63(66)69)67(50-38-40-55-53-29-11-15-33-59(53)68(64(55)43-50)48-25-8-3-9-26-48)51-39-41-56-54-30-12-16-34-60(54)70(65(56)44-51)58-32-14-10-28-52(58)46-22-6-2-7-23-46/h1-44,55,64H. The molecular formula is C66H46N4. The van der Waals surface area contributed by atoms with E-state index in [2.05, 4.69) is 286 Å². The highest BCUT2D eigenvalue weighted by Gasteiger charge is 2.39. The van der Waals surface area contributed by atoms with E-state index < -0.39 is 0 Å². The molecule has 10 aromatic carbocycles. The maximum absolute atomic E-state index is 2.54. The smallest absolute Gasteiger partial charge is 0.0649 e. The molecule has 0 spiro atoms. The topological polar surface area (TPSA) is 16.3 Å². The van der Waals surface area contributed by atoms with Crippen molar-refractivity contribution in [3.05, 3.63) is 278 Å². The van der Waals surface area contributed by atoms with Gasteiger partial charge < -0.3 is 18.9 Å². The number of rotatable bonds is 8. The van der Waals surface area contributed by atoms with Crippen LogP contribution in [0.1, 0.15) is 11.5 Å². The Morgan fingerprint density at radius 1 is 0.386 bits per heavy atom. The number of aromatic nitrogens is 2. The summed E-state index contributed by atoms with van der Waals surface area (Å²) in [5.41, 5.74) is 18.8. The molecule has 1 aliphatic carbocycles. The molecule has 0 fully saturated rings. The Balaban J connectivity index is 1.03. The van der Waals surface area contributed by atoms with Crippen molar-refractivity contribution in [3.8, 4) is 33.6 Å². The summed E-state index contributed by atoms with van der Waals surface area (Å²) in [6.07, 6.45) is 7.33. The number of fused-ring (bicyclic) bond motifs is 9. The molecule has 0 saturated carbocycles. The summed E-state index contributed by atoms with van der Waals surface area (Å²) >= 11 is 0. The molecule has 2 aromatic heterocycles. The maximum atomic E-state index is 2.54. The van der Waals surface area contributed by atoms with Crippen molar-refractivity contribution in [1.82, 2.24) is 9.13 Å². The van der Waals surface area contributed by atoms with Crippen LogP contribution in [0.25, 0.3) is 77.2 Å². The first-order valence-corrected chi connectivity index (χ1v) is 24.3. The predicted molar refractivity (Wildman–Crippen MR) is 293 cm³/mol. The Hall–Kier alpha value is -9.12. The first kappa shape index (κ1) is 40.0. The number of para-hydroxylation sites is 5. The average Bonchev–Trinajstić information content (AvgIpc) is 4.07. The van der Waals surface area contributed by atoms with Gasteiger partial charge in [0.05, 0.1) is 39.5 Å². The summed E-state index contributed by atoms with van der Waals surface area (Å²) in [5, 5.41) is 4.84. The van der Waals surface area contributed by atoms with E-state index in [1.54, 1.807) is 0 Å². The third-order valence-corrected chi connectivity index (χ3v) is 14.6. The van der Waals surface area contributed by atoms with Crippen molar-refractivity contribution in [2.75, 3.05) is 9.80 Å². The molecule has 12 aromatic rings. The largest absolute Gasteiger partial charge is 0.333 e. The minimum Gasteiger partial charge on any atom is -0.333 e. The van der Waals surface area contributed by atoms with Gasteiger partial charge in [0, 0.05) is 61.5 Å². The Labute approximate surface area is 407 Å². The van der Waals surface area contributed by atoms with Crippen molar-refractivity contribution in [2.45, 2.75) is 12.0 Å². The molecule has 330 valence electrons. The summed E-state index contributed by atoms with van der Waals surface area (Å²) in [5.74, 6) is 0.191. The molecule has 3 heterocycles. The summed E-state index contributed by atoms with van der Waals surface area (Å²) < 4.78 is 4.93. The monoisotopic (exact) mass is 894 g/mol. The zero-order valence-corrected chi connectivity index (χ0v) is 38.3. The normalized spacial score (nSPS) is 15.1. The molecule has 2 unspecified atom stereocenters. The summed E-state index contributed by atoms with van der Waals surface area (Å²) in [4.78, 5) is 5.07. The molecule has 2 aliphatic rings. The molecule has 14 rings (SSSR count). The van der Waals surface area contributed by atoms with Gasteiger partial charge in [0.1, 0.15) is 0 Å². The van der Waals surface area contributed by atoms with Gasteiger partial charge >= 0.3 is 0 Å². The Morgan fingerprint density at radius 3 is 1.80 bits per heavy atom. The van der Waals surface area contributed by atoms with Crippen molar-refractivity contribution in [3.63, 3.8) is 0 Å². The number of allylic oxidation sites excluding steroid dienone is 1. The van der Waals surface area contributed by atoms with E-state index in [1.807, 2.05) is 0 Å². The molecule has 0 N–H and O–H groups in total. The van der Waals surface area contributed by atoms with Crippen LogP contribution in [-0.2, 0) is 0 Å². The van der Waals surface area contributed by atoms with E-state index in [0.717, 1.165) is 45.0 Å². The fourth-order valence-electron chi connectivity index (χ4n) is 11.6. The van der Waals surface area contributed by atoms with E-state index in [-0.39, 0.29) is 12.0 Å². The third-order valence-electron chi connectivity index (χ3n) is 14.6. The van der Waals surface area contributed by atoms with E-state index >= 15 is 0 Å². The van der Waals surface area contributed by atoms with Crippen molar-refractivity contribution in [1.29, 1.82) is 0 Å². The summed E-state index contributed by atoms with van der Waals surface area (Å²) in [6.45, 7) is 0. The molecule has 0 amide bonds. The lowest BCUT2D eigenvalue weighted by atomic mass is 9.89. The van der Waals surface area contributed by atoms with E-state index in [4.69, 9.17) is 0 Å². The van der Waals surface area contributed by atoms with Gasteiger partial charge in [0.15, 0.2) is 0 Å². The van der Waals surface area contributed by atoms with E-state index in [9.17, 15) is 0 Å². The molecule has 4 nitrogen and oxygen atoms in total. The van der Waals surface area contributed by atoms with Crippen molar-refractivity contribution < 1.29 is 0 Å². The zero-order chi connectivity index (χ0) is 46.1. The van der Waals surface area contributed by atoms with Crippen molar-refractivity contribution in [2.24, 2.45) is 0 Å². The van der Waals surface area contributed by atoms with Crippen LogP contribution in [0.5, 0.6) is 0 Å². The average molecular weight is 895 g/mol. The lowest BCUT2D eigenvalue weighted by Gasteiger charge is -2.34. The molecule has 0 bridgehead atoms. The molecular weight excluding hydrogens is 849 g/mol. The zero-order valence-electron chi connectivity index (χ0n) is 38.3. The second-order valence-corrected chi connectivity index (χ2v) is 18.4. The molecule has 4 heteroatoms. The van der Waals surface area contributed by atoms with Gasteiger partial charge in [0.25, 0.3) is 0 Å². The number of benzene rings is 10. The van der Waals surface area contributed by atoms with Gasteiger partial charge in [-0.3, -0.25) is 0 Å². The number of hydrogen-bond donors (Lipinski definition) is 0. The Bertz CT molecular complexity index is 4030. The number of nitrogens with zero attached hydrogens (tertiary/aromatic N) is 4. The maximum Gasteiger partial charge on any atom is 0.0649 e. The second-order valence-electron chi connectivity index (χ2n) is 18.4. The molecule has 70 heavy (non-hydrogen) atoms. The second kappa shape index (κ2) is 16.3. The number of hydrogen-bond acceptors (Lipinski definition) is 2. The Kier molecular flexibility index (Phi) is 9.31. The number of anilines is 4. The highest BCUT2D eigenvalue weighted by Crippen LogP contribution is 2.51. The lowest BCUT2D eigenvalue weighted by molar-refractivity contribution is 0.735. The first-order valence-electron chi connectivity index (χ1n) is 24.3. The minimum absolute atomic E-state index is 0.0523. The van der Waals surface area contributed by atoms with E-state index in [1.165, 1.54) is 66.3 Å². The molecule has 2 atom stereocenters. The van der Waals surface area contributed by atoms with Crippen LogP contribution in [0.3, 0.4) is 0 Å². The van der Waals surface area contributed by atoms with Crippen LogP contribution >= 0.6 is 0 Å². The van der Waals surface area contributed by atoms with Crippen LogP contribution in [0.15, 0.2) is 273 Å². The van der Waals surface area contributed by atoms with Crippen LogP contribution in [0.2, 0.25) is 0 Å². The van der Waals surface area contributed by atoms with Gasteiger partial charge in [-0.1, -0.05) is 182 Å². The molecule has 0 radical (unpaired) electrons. The van der Waals surface area contributed by atoms with Gasteiger partial charge in [0.2, 0.25) is 0 Å². The van der Waals surface area contributed by atoms with Crippen molar-refractivity contribution >= 4 is 66.4 Å². The van der Waals surface area contributed by atoms with Gasteiger partial charge in [-0.2, -0.15) is 0 Å². The van der Waals surface area contributed by atoms with Crippen LogP contribution in [0.4, 0.5) is 22.7 Å². The molecule has 0 saturated heterocycles. The highest BCUT2D eigenvalue weighted by molar-refractivity contribution is 6.17. The first-order chi connectivity index (χ1) is 34.8. The van der Waals surface area contributed by atoms with Crippen LogP contribution in [-0.4, -0.2) is 15.2 Å². The fraction of sp³-hybridized carbons (Fsp3) is 0.0303. The minimum atomic E-state index is 0.0523. The molecule has 1 aliphatic heterocycles. The van der Waals surface area contributed by atoms with Gasteiger partial charge in [-0.15, -0.1) is 0 Å². The SMILES string of the molecule is C1=CC2c3ccccc3N(c3ccccc3)C2C=C1N(c1ccc2c3ccccc3n(-c3ccccc3-c3ccccc3)c2c1)c1cccc2c1c1ccccc1n2-c1cccc(-c2ccccc2)c1. The Morgan fingerprint density at radius 2 is 0.986 bits per heavy atom. The quantitative estimate of drug-likeness (QED) is 0.151. The highest BCUT2D eigenvalue weighted by atomic mass is 15.2. The summed E-state index contributed by atoms with van der Waals surface area (Å²) in [6, 6.07) is 90.9. The fourth-order valence-corrected chi connectivity index (χ4v) is 11.6.